The number of aliphatic imine (C=N–C) groups is 1. The van der Waals surface area contributed by atoms with Crippen molar-refractivity contribution < 1.29 is 27.8 Å². The van der Waals surface area contributed by atoms with Gasteiger partial charge in [0, 0.05) is 24.2 Å². The molecule has 0 radical (unpaired) electrons. The van der Waals surface area contributed by atoms with E-state index in [1.807, 2.05) is 0 Å². The molecule has 0 aromatic heterocycles. The number of benzene rings is 2. The zero-order chi connectivity index (χ0) is 19.4. The minimum Gasteiger partial charge on any atom is -0.497 e. The Morgan fingerprint density at radius 2 is 1.89 bits per heavy atom. The van der Waals surface area contributed by atoms with Gasteiger partial charge in [0.1, 0.15) is 11.6 Å². The van der Waals surface area contributed by atoms with Gasteiger partial charge in [0.15, 0.2) is 5.60 Å². The maximum Gasteiger partial charge on any atom is 0.416 e. The van der Waals surface area contributed by atoms with Crippen LogP contribution < -0.4 is 9.64 Å². The summed E-state index contributed by atoms with van der Waals surface area (Å²) < 4.78 is 44.0. The van der Waals surface area contributed by atoms with Crippen LogP contribution in [0.1, 0.15) is 22.3 Å². The molecule has 1 N–H and O–H groups in total. The number of methoxy groups -OCH3 is 1. The number of aliphatic hydroxyl groups is 1. The van der Waals surface area contributed by atoms with Gasteiger partial charge in [-0.25, -0.2) is 4.99 Å². The maximum absolute atomic E-state index is 13.0. The van der Waals surface area contributed by atoms with Gasteiger partial charge < -0.3 is 14.7 Å². The second-order valence-corrected chi connectivity index (χ2v) is 6.45. The fourth-order valence-corrected chi connectivity index (χ4v) is 3.42. The van der Waals surface area contributed by atoms with Crippen LogP contribution in [0.5, 0.6) is 5.75 Å². The number of anilines is 1. The molecule has 2 aliphatic rings. The molecule has 2 aliphatic heterocycles. The van der Waals surface area contributed by atoms with Crippen LogP contribution in [0.15, 0.2) is 47.5 Å². The predicted octanol–water partition coefficient (Wildman–Crippen LogP) is 3.58. The number of hydrogen-bond acceptors (Lipinski definition) is 5. The Bertz CT molecular complexity index is 954. The smallest absolute Gasteiger partial charge is 0.416 e. The Labute approximate surface area is 152 Å². The number of ether oxygens (including phenoxy) is 1. The lowest BCUT2D eigenvalue weighted by Crippen LogP contribution is -2.48. The zero-order valence-electron chi connectivity index (χ0n) is 14.2. The highest BCUT2D eigenvalue weighted by Gasteiger charge is 2.52. The van der Waals surface area contributed by atoms with E-state index in [1.54, 1.807) is 36.3 Å². The summed E-state index contributed by atoms with van der Waals surface area (Å²) >= 11 is 0. The van der Waals surface area contributed by atoms with E-state index < -0.39 is 23.1 Å². The number of hydrogen-bond donors (Lipinski definition) is 1. The summed E-state index contributed by atoms with van der Waals surface area (Å²) in [6, 6.07) is 9.80. The summed E-state index contributed by atoms with van der Waals surface area (Å²) in [6.07, 6.45) is -4.53. The van der Waals surface area contributed by atoms with Crippen LogP contribution in [0.2, 0.25) is 0 Å². The molecule has 140 valence electrons. The van der Waals surface area contributed by atoms with Crippen molar-refractivity contribution in [2.75, 3.05) is 18.6 Å². The van der Waals surface area contributed by atoms with Gasteiger partial charge in [-0.1, -0.05) is 0 Å². The van der Waals surface area contributed by atoms with Crippen LogP contribution in [0.4, 0.5) is 24.5 Å². The molecular weight excluding hydrogens is 361 g/mol. The first-order valence-corrected chi connectivity index (χ1v) is 8.23. The molecule has 1 saturated heterocycles. The monoisotopic (exact) mass is 376 g/mol. The van der Waals surface area contributed by atoms with E-state index in [1.165, 1.54) is 0 Å². The molecule has 0 saturated carbocycles. The Morgan fingerprint density at radius 3 is 2.52 bits per heavy atom. The Kier molecular flexibility index (Phi) is 3.78. The van der Waals surface area contributed by atoms with Gasteiger partial charge in [0.2, 0.25) is 5.78 Å². The van der Waals surface area contributed by atoms with Gasteiger partial charge in [-0.05, 0) is 42.5 Å². The minimum absolute atomic E-state index is 0.0480. The third-order valence-corrected chi connectivity index (χ3v) is 4.88. The number of halogens is 3. The Hall–Kier alpha value is -2.87. The molecule has 1 atom stereocenters. The summed E-state index contributed by atoms with van der Waals surface area (Å²) in [5, 5.41) is 10.9. The molecule has 4 rings (SSSR count). The lowest BCUT2D eigenvalue weighted by Gasteiger charge is -2.30. The molecule has 5 nitrogen and oxygen atoms in total. The van der Waals surface area contributed by atoms with Crippen molar-refractivity contribution in [3.8, 4) is 5.75 Å². The van der Waals surface area contributed by atoms with Crippen LogP contribution in [0.3, 0.4) is 0 Å². The second kappa shape index (κ2) is 5.82. The Morgan fingerprint density at radius 1 is 1.19 bits per heavy atom. The topological polar surface area (TPSA) is 62.1 Å². The first kappa shape index (κ1) is 17.5. The molecular formula is C19H15F3N2O3. The number of nitrogens with zero attached hydrogens (tertiary/aromatic N) is 2. The molecule has 0 aliphatic carbocycles. The Balaban J connectivity index is 1.79. The standard InChI is InChI=1S/C19H15F3N2O3/c1-27-13-5-3-12(4-6-13)24-9-8-18(26)16(25)14-10-11(19(20,21)22)2-7-15(14)23-17(18)24/h2-7,10,26H,8-9H2,1H3. The number of carbonyl (C=O) groups is 1. The van der Waals surface area contributed by atoms with Crippen molar-refractivity contribution in [2.45, 2.75) is 18.2 Å². The van der Waals surface area contributed by atoms with Crippen molar-refractivity contribution in [3.63, 3.8) is 0 Å². The fraction of sp³-hybridized carbons (Fsp3) is 0.263. The largest absolute Gasteiger partial charge is 0.497 e. The molecule has 2 aromatic rings. The van der Waals surface area contributed by atoms with E-state index in [4.69, 9.17) is 4.74 Å². The summed E-state index contributed by atoms with van der Waals surface area (Å²) in [5.74, 6) is 0.0226. The van der Waals surface area contributed by atoms with E-state index in [-0.39, 0.29) is 23.5 Å². The fourth-order valence-electron chi connectivity index (χ4n) is 3.42. The molecule has 1 unspecified atom stereocenters. The third-order valence-electron chi connectivity index (χ3n) is 4.88. The number of rotatable bonds is 2. The van der Waals surface area contributed by atoms with Crippen molar-refractivity contribution in [3.05, 3.63) is 53.6 Å². The van der Waals surface area contributed by atoms with Crippen LogP contribution in [-0.2, 0) is 6.18 Å². The van der Waals surface area contributed by atoms with Crippen molar-refractivity contribution >= 4 is 23.0 Å². The van der Waals surface area contributed by atoms with Crippen LogP contribution in [0, 0.1) is 0 Å². The third kappa shape index (κ3) is 2.68. The molecule has 2 aromatic carbocycles. The number of amidine groups is 1. The van der Waals surface area contributed by atoms with Gasteiger partial charge >= 0.3 is 6.18 Å². The SMILES string of the molecule is COc1ccc(N2CCC3(O)C(=O)c4cc(C(F)(F)F)ccc4N=C23)cc1. The minimum atomic E-state index is -4.58. The van der Waals surface area contributed by atoms with E-state index in [2.05, 4.69) is 4.99 Å². The van der Waals surface area contributed by atoms with Crippen LogP contribution >= 0.6 is 0 Å². The quantitative estimate of drug-likeness (QED) is 0.870. The highest BCUT2D eigenvalue weighted by Crippen LogP contribution is 2.41. The number of carbonyl (C=O) groups excluding carboxylic acids is 1. The molecule has 0 spiro atoms. The van der Waals surface area contributed by atoms with Gasteiger partial charge in [0.05, 0.1) is 18.4 Å². The van der Waals surface area contributed by atoms with E-state index >= 15 is 0 Å². The molecule has 0 bridgehead atoms. The highest BCUT2D eigenvalue weighted by atomic mass is 19.4. The van der Waals surface area contributed by atoms with Gasteiger partial charge in [-0.3, -0.25) is 4.79 Å². The number of Topliss-reactive ketones (excluding diaryl/α,β-unsaturated/α-hetero) is 1. The summed E-state index contributed by atoms with van der Waals surface area (Å²) in [4.78, 5) is 18.9. The first-order valence-electron chi connectivity index (χ1n) is 8.23. The molecule has 27 heavy (non-hydrogen) atoms. The zero-order valence-corrected chi connectivity index (χ0v) is 14.2. The van der Waals surface area contributed by atoms with Gasteiger partial charge in [-0.2, -0.15) is 13.2 Å². The van der Waals surface area contributed by atoms with E-state index in [0.29, 0.717) is 18.0 Å². The molecule has 2 heterocycles. The lowest BCUT2D eigenvalue weighted by atomic mass is 9.87. The number of fused-ring (bicyclic) bond motifs is 2. The maximum atomic E-state index is 13.0. The number of ketones is 1. The number of alkyl halides is 3. The molecule has 1 fully saturated rings. The van der Waals surface area contributed by atoms with Crippen molar-refractivity contribution in [1.29, 1.82) is 0 Å². The van der Waals surface area contributed by atoms with E-state index in [9.17, 15) is 23.1 Å². The molecule has 8 heteroatoms. The first-order chi connectivity index (χ1) is 12.7. The van der Waals surface area contributed by atoms with Crippen LogP contribution in [-0.4, -0.2) is 36.0 Å². The average molecular weight is 376 g/mol. The van der Waals surface area contributed by atoms with Crippen molar-refractivity contribution in [2.24, 2.45) is 4.99 Å². The average Bonchev–Trinajstić information content (AvgIpc) is 2.99. The van der Waals surface area contributed by atoms with Gasteiger partial charge in [0.25, 0.3) is 0 Å². The lowest BCUT2D eigenvalue weighted by molar-refractivity contribution is -0.137. The van der Waals surface area contributed by atoms with Crippen molar-refractivity contribution in [1.82, 2.24) is 0 Å². The summed E-state index contributed by atoms with van der Waals surface area (Å²) in [5.41, 5.74) is -2.27. The molecule has 0 amide bonds. The van der Waals surface area contributed by atoms with Crippen LogP contribution in [0.25, 0.3) is 0 Å². The second-order valence-electron chi connectivity index (χ2n) is 6.45. The highest BCUT2D eigenvalue weighted by molar-refractivity contribution is 6.28. The summed E-state index contributed by atoms with van der Waals surface area (Å²) in [7, 11) is 1.54. The normalized spacial score (nSPS) is 21.6. The van der Waals surface area contributed by atoms with Gasteiger partial charge in [-0.15, -0.1) is 0 Å². The summed E-state index contributed by atoms with van der Waals surface area (Å²) in [6.45, 7) is 0.313. The van der Waals surface area contributed by atoms with E-state index in [0.717, 1.165) is 18.2 Å². The predicted molar refractivity (Wildman–Crippen MR) is 92.8 cm³/mol.